The van der Waals surface area contributed by atoms with Crippen LogP contribution in [0.2, 0.25) is 0 Å². The first-order valence-corrected chi connectivity index (χ1v) is 16.1. The smallest absolute Gasteiger partial charge is 0.0358 e. The predicted octanol–water partition coefficient (Wildman–Crippen LogP) is 11.2. The fraction of sp³-hybridized carbons (Fsp3) is 0.0667. The molecule has 0 N–H and O–H groups in total. The van der Waals surface area contributed by atoms with E-state index in [-0.39, 0.29) is 17.8 Å². The van der Waals surface area contributed by atoms with Gasteiger partial charge in [0, 0.05) is 17.8 Å². The fourth-order valence-electron chi connectivity index (χ4n) is 8.92. The number of hydrogen-bond donors (Lipinski definition) is 0. The Hall–Kier alpha value is -5.46. The quantitative estimate of drug-likeness (QED) is 0.198. The second kappa shape index (κ2) is 9.52. The summed E-state index contributed by atoms with van der Waals surface area (Å²) in [7, 11) is 0. The minimum absolute atomic E-state index is 0.166. The van der Waals surface area contributed by atoms with Gasteiger partial charge in [-0.05, 0) is 83.5 Å². The molecule has 7 aromatic rings. The molecule has 0 bridgehead atoms. The first-order valence-electron chi connectivity index (χ1n) is 16.1. The highest BCUT2D eigenvalue weighted by Gasteiger charge is 2.47. The zero-order valence-corrected chi connectivity index (χ0v) is 24.8. The van der Waals surface area contributed by atoms with E-state index in [4.69, 9.17) is 0 Å². The summed E-state index contributed by atoms with van der Waals surface area (Å²) in [5, 5.41) is 0. The van der Waals surface area contributed by atoms with Gasteiger partial charge in [-0.3, -0.25) is 0 Å². The third-order valence-corrected chi connectivity index (χ3v) is 10.5. The number of fused-ring (bicyclic) bond motifs is 12. The van der Waals surface area contributed by atoms with Gasteiger partial charge in [0.15, 0.2) is 0 Å². The van der Waals surface area contributed by atoms with Gasteiger partial charge in [-0.2, -0.15) is 0 Å². The molecule has 0 nitrogen and oxygen atoms in total. The lowest BCUT2D eigenvalue weighted by molar-refractivity contribution is 0.978. The molecule has 3 aliphatic rings. The lowest BCUT2D eigenvalue weighted by Gasteiger charge is -2.25. The predicted molar refractivity (Wildman–Crippen MR) is 185 cm³/mol. The van der Waals surface area contributed by atoms with E-state index in [2.05, 4.69) is 164 Å². The molecular formula is C45H30. The Kier molecular flexibility index (Phi) is 5.27. The van der Waals surface area contributed by atoms with Crippen LogP contribution in [0.1, 0.15) is 67.8 Å². The highest BCUT2D eigenvalue weighted by atomic mass is 14.5. The van der Waals surface area contributed by atoms with Crippen LogP contribution in [0.5, 0.6) is 0 Å². The highest BCUT2D eigenvalue weighted by molar-refractivity contribution is 6.04. The summed E-state index contributed by atoms with van der Waals surface area (Å²) in [6.07, 6.45) is 0. The van der Waals surface area contributed by atoms with Crippen LogP contribution in [-0.4, -0.2) is 0 Å². The van der Waals surface area contributed by atoms with Crippen molar-refractivity contribution < 1.29 is 0 Å². The Bertz CT molecular complexity index is 1980. The Balaban J connectivity index is 1.44. The van der Waals surface area contributed by atoms with Gasteiger partial charge in [-0.25, -0.2) is 0 Å². The number of hydrogen-bond acceptors (Lipinski definition) is 0. The molecule has 0 aromatic heterocycles. The van der Waals surface area contributed by atoms with E-state index in [1.165, 1.54) is 83.5 Å². The van der Waals surface area contributed by atoms with Crippen LogP contribution in [0.25, 0.3) is 33.4 Å². The van der Waals surface area contributed by atoms with Crippen LogP contribution in [0, 0.1) is 0 Å². The Morgan fingerprint density at radius 3 is 0.778 bits per heavy atom. The molecule has 0 saturated carbocycles. The molecule has 0 spiro atoms. The molecule has 0 heteroatoms. The maximum Gasteiger partial charge on any atom is 0.0358 e. The normalized spacial score (nSPS) is 18.0. The first kappa shape index (κ1) is 24.9. The molecule has 210 valence electrons. The molecule has 45 heavy (non-hydrogen) atoms. The van der Waals surface area contributed by atoms with E-state index in [0.717, 1.165) is 0 Å². The zero-order valence-electron chi connectivity index (χ0n) is 24.8. The second-order valence-corrected chi connectivity index (χ2v) is 12.7. The zero-order chi connectivity index (χ0) is 29.5. The monoisotopic (exact) mass is 570 g/mol. The molecule has 7 aromatic carbocycles. The first-order chi connectivity index (χ1) is 22.4. The van der Waals surface area contributed by atoms with Gasteiger partial charge in [-0.1, -0.05) is 164 Å². The topological polar surface area (TPSA) is 0 Å². The largest absolute Gasteiger partial charge is 0.0622 e. The van der Waals surface area contributed by atoms with Gasteiger partial charge in [0.05, 0.1) is 0 Å². The molecule has 0 radical (unpaired) electrons. The molecule has 0 fully saturated rings. The van der Waals surface area contributed by atoms with Crippen molar-refractivity contribution in [2.24, 2.45) is 0 Å². The minimum atomic E-state index is 0.166. The Labute approximate surface area is 264 Å². The molecule has 10 rings (SSSR count). The van der Waals surface area contributed by atoms with Gasteiger partial charge in [-0.15, -0.1) is 0 Å². The molecule has 0 unspecified atom stereocenters. The van der Waals surface area contributed by atoms with Crippen molar-refractivity contribution in [1.29, 1.82) is 0 Å². The SMILES string of the molecule is c1ccc([C@@H]2c3ccccc3-c3c2c2c(c4c3[C@@H](c3ccccc3)c3ccccc3-4)[C@H](c3ccccc3)c3ccccc3-2)cc1. The number of rotatable bonds is 3. The van der Waals surface area contributed by atoms with E-state index >= 15 is 0 Å². The number of benzene rings is 7. The van der Waals surface area contributed by atoms with Crippen molar-refractivity contribution in [2.75, 3.05) is 0 Å². The Morgan fingerprint density at radius 1 is 0.244 bits per heavy atom. The third-order valence-electron chi connectivity index (χ3n) is 10.5. The summed E-state index contributed by atoms with van der Waals surface area (Å²) in [5.41, 5.74) is 21.3. The lowest BCUT2D eigenvalue weighted by atomic mass is 9.77. The molecule has 0 amide bonds. The van der Waals surface area contributed by atoms with Crippen LogP contribution in [0.15, 0.2) is 164 Å². The van der Waals surface area contributed by atoms with Gasteiger partial charge in [0.25, 0.3) is 0 Å². The third kappa shape index (κ3) is 3.37. The average Bonchev–Trinajstić information content (AvgIpc) is 3.75. The van der Waals surface area contributed by atoms with E-state index in [1.807, 2.05) is 0 Å². The van der Waals surface area contributed by atoms with Crippen LogP contribution < -0.4 is 0 Å². The molecule has 0 heterocycles. The summed E-state index contributed by atoms with van der Waals surface area (Å²) >= 11 is 0. The highest BCUT2D eigenvalue weighted by Crippen LogP contribution is 2.66. The van der Waals surface area contributed by atoms with Crippen LogP contribution in [0.4, 0.5) is 0 Å². The second-order valence-electron chi connectivity index (χ2n) is 12.7. The Morgan fingerprint density at radius 2 is 0.489 bits per heavy atom. The van der Waals surface area contributed by atoms with Crippen molar-refractivity contribution >= 4 is 0 Å². The van der Waals surface area contributed by atoms with E-state index in [0.29, 0.717) is 0 Å². The molecule has 3 atom stereocenters. The van der Waals surface area contributed by atoms with Crippen LogP contribution in [-0.2, 0) is 0 Å². The van der Waals surface area contributed by atoms with E-state index in [9.17, 15) is 0 Å². The van der Waals surface area contributed by atoms with E-state index < -0.39 is 0 Å². The lowest BCUT2D eigenvalue weighted by Crippen LogP contribution is -2.07. The standard InChI is InChI=1S/C45H30/c1-4-16-28(17-5-1)37-31-22-10-13-25-34(31)40-43(37)41-35-26-14-11-23-32(35)38(29-18-6-2-7-19-29)45(41)42-36-27-15-12-24-33(36)39(44(40)42)30-20-8-3-9-21-30/h1-27,37-39H/t37-,38-,39+/m1/s1. The van der Waals surface area contributed by atoms with Crippen LogP contribution >= 0.6 is 0 Å². The van der Waals surface area contributed by atoms with E-state index in [1.54, 1.807) is 0 Å². The van der Waals surface area contributed by atoms with Crippen molar-refractivity contribution in [2.45, 2.75) is 17.8 Å². The molecule has 0 aliphatic heterocycles. The van der Waals surface area contributed by atoms with Crippen molar-refractivity contribution in [3.63, 3.8) is 0 Å². The average molecular weight is 571 g/mol. The summed E-state index contributed by atoms with van der Waals surface area (Å²) in [4.78, 5) is 0. The van der Waals surface area contributed by atoms with Crippen molar-refractivity contribution in [3.05, 3.63) is 214 Å². The maximum absolute atomic E-state index is 2.38. The van der Waals surface area contributed by atoms with Crippen molar-refractivity contribution in [1.82, 2.24) is 0 Å². The summed E-state index contributed by atoms with van der Waals surface area (Å²) in [5.74, 6) is 0.498. The fourth-order valence-corrected chi connectivity index (χ4v) is 8.92. The van der Waals surface area contributed by atoms with Gasteiger partial charge in [0.2, 0.25) is 0 Å². The van der Waals surface area contributed by atoms with Crippen molar-refractivity contribution in [3.8, 4) is 33.4 Å². The minimum Gasteiger partial charge on any atom is -0.0622 e. The summed E-state index contributed by atoms with van der Waals surface area (Å²) < 4.78 is 0. The van der Waals surface area contributed by atoms with Crippen LogP contribution in [0.3, 0.4) is 0 Å². The molecule has 0 saturated heterocycles. The summed E-state index contributed by atoms with van der Waals surface area (Å²) in [6, 6.07) is 61.2. The van der Waals surface area contributed by atoms with Gasteiger partial charge >= 0.3 is 0 Å². The van der Waals surface area contributed by atoms with Gasteiger partial charge < -0.3 is 0 Å². The molecule has 3 aliphatic carbocycles. The molecular weight excluding hydrogens is 540 g/mol. The van der Waals surface area contributed by atoms with Gasteiger partial charge in [0.1, 0.15) is 0 Å². The summed E-state index contributed by atoms with van der Waals surface area (Å²) in [6.45, 7) is 0. The maximum atomic E-state index is 2.38.